The molecule has 6 heteroatoms. The number of aryl methyl sites for hydroxylation is 1. The van der Waals surface area contributed by atoms with Gasteiger partial charge in [0.25, 0.3) is 5.91 Å². The van der Waals surface area contributed by atoms with Crippen LogP contribution in [0.4, 0.5) is 5.69 Å². The molecule has 1 fully saturated rings. The van der Waals surface area contributed by atoms with Crippen LogP contribution < -0.4 is 10.1 Å². The van der Waals surface area contributed by atoms with Crippen molar-refractivity contribution in [2.24, 2.45) is 0 Å². The van der Waals surface area contributed by atoms with Gasteiger partial charge in [0.2, 0.25) is 0 Å². The Kier molecular flexibility index (Phi) is 7.99. The van der Waals surface area contributed by atoms with Crippen LogP contribution in [0.3, 0.4) is 0 Å². The lowest BCUT2D eigenvalue weighted by atomic mass is 10.00. The highest BCUT2D eigenvalue weighted by molar-refractivity contribution is 7.91. The fourth-order valence-electron chi connectivity index (χ4n) is 4.97. The Labute approximate surface area is 222 Å². The van der Waals surface area contributed by atoms with Gasteiger partial charge in [0, 0.05) is 48.7 Å². The molecule has 1 saturated heterocycles. The first-order chi connectivity index (χ1) is 17.9. The van der Waals surface area contributed by atoms with Gasteiger partial charge < -0.3 is 14.6 Å². The van der Waals surface area contributed by atoms with Crippen molar-refractivity contribution < 1.29 is 14.1 Å². The number of nitrogens with one attached hydrogen (secondary N) is 1. The maximum atomic E-state index is 13.2. The van der Waals surface area contributed by atoms with Gasteiger partial charge >= 0.3 is 0 Å². The van der Waals surface area contributed by atoms with Gasteiger partial charge in [-0.3, -0.25) is 9.69 Å². The molecule has 0 aliphatic carbocycles. The summed E-state index contributed by atoms with van der Waals surface area (Å²) in [6, 6.07) is 23.1. The minimum Gasteiger partial charge on any atom is -0.616 e. The van der Waals surface area contributed by atoms with E-state index in [1.807, 2.05) is 24.3 Å². The number of carbonyl (C=O) groups is 1. The molecule has 5 rings (SSSR count). The zero-order chi connectivity index (χ0) is 25.8. The second kappa shape index (κ2) is 11.5. The van der Waals surface area contributed by atoms with Crippen molar-refractivity contribution >= 4 is 28.8 Å². The van der Waals surface area contributed by atoms with Crippen LogP contribution in [0.15, 0.2) is 72.3 Å². The zero-order valence-electron chi connectivity index (χ0n) is 21.5. The first-order valence-corrected chi connectivity index (χ1v) is 14.4. The summed E-state index contributed by atoms with van der Waals surface area (Å²) in [7, 11) is 2.14. The zero-order valence-corrected chi connectivity index (χ0v) is 22.4. The summed E-state index contributed by atoms with van der Waals surface area (Å²) >= 11 is -0.639. The molecule has 0 unspecified atom stereocenters. The minimum absolute atomic E-state index is 0.0998. The molecule has 0 spiro atoms. The molecule has 1 amide bonds. The number of ether oxygens (including phenoxy) is 1. The summed E-state index contributed by atoms with van der Waals surface area (Å²) in [6.07, 6.45) is 4.49. The van der Waals surface area contributed by atoms with Crippen LogP contribution in [-0.2, 0) is 22.5 Å². The van der Waals surface area contributed by atoms with Crippen LogP contribution in [0.5, 0.6) is 5.75 Å². The summed E-state index contributed by atoms with van der Waals surface area (Å²) in [5, 5.41) is 3.06. The Bertz CT molecular complexity index is 1260. The number of rotatable bonds is 6. The van der Waals surface area contributed by atoms with E-state index in [0.717, 1.165) is 59.0 Å². The number of anilines is 1. The maximum Gasteiger partial charge on any atom is 0.251 e. The standard InChI is InChI=1S/C31H34N2O3S/c1-22-3-7-24(8-4-22)25-9-12-30-27(19-25)20-26(13-16-36-30)31(34)32-28-10-5-23(6-11-28)21-33(2)29-14-17-37(35)18-15-29/h3-12,19-20,29H,13-18,21H2,1-2H3,(H,32,34). The SMILES string of the molecule is Cc1ccc(-c2ccc3c(c2)C=C(C(=O)Nc2ccc(CN(C)C4CC[S+]([O-])CC4)cc2)CCO3)cc1. The molecule has 0 aromatic heterocycles. The highest BCUT2D eigenvalue weighted by Gasteiger charge is 2.25. The molecule has 0 saturated carbocycles. The summed E-state index contributed by atoms with van der Waals surface area (Å²) in [5.74, 6) is 2.31. The van der Waals surface area contributed by atoms with Crippen LogP contribution >= 0.6 is 0 Å². The van der Waals surface area contributed by atoms with E-state index in [-0.39, 0.29) is 5.91 Å². The molecule has 3 aromatic rings. The van der Waals surface area contributed by atoms with Gasteiger partial charge in [0.15, 0.2) is 0 Å². The van der Waals surface area contributed by atoms with Crippen LogP contribution in [0.2, 0.25) is 0 Å². The highest BCUT2D eigenvalue weighted by atomic mass is 32.2. The molecule has 192 valence electrons. The third kappa shape index (κ3) is 6.45. The van der Waals surface area contributed by atoms with Gasteiger partial charge in [0.05, 0.1) is 6.61 Å². The highest BCUT2D eigenvalue weighted by Crippen LogP contribution is 2.31. The molecule has 0 atom stereocenters. The summed E-state index contributed by atoms with van der Waals surface area (Å²) in [5.41, 5.74) is 7.08. The summed E-state index contributed by atoms with van der Waals surface area (Å²) in [6.45, 7) is 3.39. The third-order valence-corrected chi connectivity index (χ3v) is 8.65. The Hall–Kier alpha value is -3.06. The molecule has 2 aliphatic rings. The first-order valence-electron chi connectivity index (χ1n) is 12.9. The quantitative estimate of drug-likeness (QED) is 0.422. The molecule has 3 aromatic carbocycles. The van der Waals surface area contributed by atoms with E-state index >= 15 is 0 Å². The van der Waals surface area contributed by atoms with Gasteiger partial charge in [-0.05, 0) is 61.0 Å². The Morgan fingerprint density at radius 2 is 1.73 bits per heavy atom. The number of carbonyl (C=O) groups excluding carboxylic acids is 1. The Balaban J connectivity index is 1.24. The van der Waals surface area contributed by atoms with Crippen LogP contribution in [0, 0.1) is 6.92 Å². The van der Waals surface area contributed by atoms with Crippen LogP contribution in [0.25, 0.3) is 17.2 Å². The van der Waals surface area contributed by atoms with E-state index < -0.39 is 11.2 Å². The van der Waals surface area contributed by atoms with E-state index in [2.05, 4.69) is 72.7 Å². The van der Waals surface area contributed by atoms with Crippen molar-refractivity contribution in [1.29, 1.82) is 0 Å². The molecule has 0 bridgehead atoms. The van der Waals surface area contributed by atoms with Gasteiger partial charge in [-0.25, -0.2) is 0 Å². The molecule has 37 heavy (non-hydrogen) atoms. The lowest BCUT2D eigenvalue weighted by Crippen LogP contribution is -2.38. The molecule has 5 nitrogen and oxygen atoms in total. The minimum atomic E-state index is -0.639. The molecule has 1 N–H and O–H groups in total. The average Bonchev–Trinajstić information content (AvgIpc) is 3.13. The Morgan fingerprint density at radius 1 is 1.03 bits per heavy atom. The molecule has 0 radical (unpaired) electrons. The van der Waals surface area contributed by atoms with E-state index in [1.165, 1.54) is 11.1 Å². The lowest BCUT2D eigenvalue weighted by molar-refractivity contribution is -0.113. The first kappa shape index (κ1) is 25.6. The van der Waals surface area contributed by atoms with E-state index in [4.69, 9.17) is 4.74 Å². The fourth-order valence-corrected chi connectivity index (χ4v) is 6.25. The number of fused-ring (bicyclic) bond motifs is 1. The van der Waals surface area contributed by atoms with E-state index in [0.29, 0.717) is 24.6 Å². The predicted molar refractivity (Wildman–Crippen MR) is 152 cm³/mol. The number of benzene rings is 3. The Morgan fingerprint density at radius 3 is 2.46 bits per heavy atom. The summed E-state index contributed by atoms with van der Waals surface area (Å²) in [4.78, 5) is 15.5. The molecular weight excluding hydrogens is 480 g/mol. The third-order valence-electron chi connectivity index (χ3n) is 7.27. The molecule has 2 aliphatic heterocycles. The normalized spacial score (nSPS) is 19.4. The number of nitrogens with zero attached hydrogens (tertiary/aromatic N) is 1. The van der Waals surface area contributed by atoms with Gasteiger partial charge in [-0.1, -0.05) is 59.2 Å². The van der Waals surface area contributed by atoms with E-state index in [9.17, 15) is 9.35 Å². The second-order valence-electron chi connectivity index (χ2n) is 10.0. The maximum absolute atomic E-state index is 13.2. The van der Waals surface area contributed by atoms with Crippen molar-refractivity contribution in [2.45, 2.75) is 38.8 Å². The van der Waals surface area contributed by atoms with Gasteiger partial charge in [0.1, 0.15) is 17.3 Å². The average molecular weight is 515 g/mol. The largest absolute Gasteiger partial charge is 0.616 e. The fraction of sp³-hybridized carbons (Fsp3) is 0.323. The van der Waals surface area contributed by atoms with Crippen molar-refractivity contribution in [3.05, 3.63) is 89.0 Å². The number of amides is 1. The number of hydrogen-bond donors (Lipinski definition) is 1. The lowest BCUT2D eigenvalue weighted by Gasteiger charge is -2.31. The van der Waals surface area contributed by atoms with Crippen molar-refractivity contribution in [1.82, 2.24) is 4.90 Å². The monoisotopic (exact) mass is 514 g/mol. The topological polar surface area (TPSA) is 64.6 Å². The van der Waals surface area contributed by atoms with Crippen LogP contribution in [0.1, 0.15) is 36.0 Å². The van der Waals surface area contributed by atoms with Gasteiger partial charge in [-0.15, -0.1) is 0 Å². The van der Waals surface area contributed by atoms with Gasteiger partial charge in [-0.2, -0.15) is 0 Å². The second-order valence-corrected chi connectivity index (χ2v) is 11.7. The molecular formula is C31H34N2O3S. The van der Waals surface area contributed by atoms with Crippen molar-refractivity contribution in [3.63, 3.8) is 0 Å². The summed E-state index contributed by atoms with van der Waals surface area (Å²) < 4.78 is 17.6. The predicted octanol–water partition coefficient (Wildman–Crippen LogP) is 5.81. The smallest absolute Gasteiger partial charge is 0.251 e. The van der Waals surface area contributed by atoms with Crippen molar-refractivity contribution in [2.75, 3.05) is 30.5 Å². The van der Waals surface area contributed by atoms with E-state index in [1.54, 1.807) is 0 Å². The van der Waals surface area contributed by atoms with Crippen LogP contribution in [-0.4, -0.2) is 46.6 Å². The number of hydrogen-bond acceptors (Lipinski definition) is 4. The van der Waals surface area contributed by atoms with Crippen molar-refractivity contribution in [3.8, 4) is 16.9 Å². The molecule has 2 heterocycles.